The number of hydrogen-bond acceptors (Lipinski definition) is 3. The van der Waals surface area contributed by atoms with Crippen molar-refractivity contribution in [3.05, 3.63) is 35.9 Å². The van der Waals surface area contributed by atoms with Crippen LogP contribution in [0.5, 0.6) is 0 Å². The van der Waals surface area contributed by atoms with E-state index >= 15 is 0 Å². The molecule has 1 fully saturated rings. The second kappa shape index (κ2) is 6.36. The normalized spacial score (nSPS) is 18.5. The van der Waals surface area contributed by atoms with Crippen LogP contribution in [0.25, 0.3) is 0 Å². The van der Waals surface area contributed by atoms with Crippen LogP contribution in [0.2, 0.25) is 0 Å². The number of carbonyl (C=O) groups excluding carboxylic acids is 2. The lowest BCUT2D eigenvalue weighted by molar-refractivity contribution is -0.129. The Balaban J connectivity index is 1.93. The van der Waals surface area contributed by atoms with Gasteiger partial charge in [0.25, 0.3) is 0 Å². The van der Waals surface area contributed by atoms with Crippen molar-refractivity contribution in [3.8, 4) is 0 Å². The van der Waals surface area contributed by atoms with Gasteiger partial charge in [-0.3, -0.25) is 4.79 Å². The fourth-order valence-corrected chi connectivity index (χ4v) is 2.33. The van der Waals surface area contributed by atoms with E-state index in [-0.39, 0.29) is 11.9 Å². The van der Waals surface area contributed by atoms with Crippen LogP contribution in [-0.2, 0) is 16.0 Å². The molecule has 0 saturated carbocycles. The third-order valence-electron chi connectivity index (χ3n) is 3.32. The highest BCUT2D eigenvalue weighted by Gasteiger charge is 2.36. The SMILES string of the molecule is CCC[C@@H]1COC(=O)N1C(=O)CCc1ccccc1. The van der Waals surface area contributed by atoms with Crippen LogP contribution >= 0.6 is 0 Å². The summed E-state index contributed by atoms with van der Waals surface area (Å²) in [5.41, 5.74) is 1.11. The molecule has 0 unspecified atom stereocenters. The predicted octanol–water partition coefficient (Wildman–Crippen LogP) is 2.77. The Labute approximate surface area is 113 Å². The van der Waals surface area contributed by atoms with Crippen molar-refractivity contribution < 1.29 is 14.3 Å². The molecule has 1 aromatic carbocycles. The molecule has 102 valence electrons. The highest BCUT2D eigenvalue weighted by atomic mass is 16.6. The third-order valence-corrected chi connectivity index (χ3v) is 3.32. The maximum Gasteiger partial charge on any atom is 0.416 e. The minimum atomic E-state index is -0.489. The van der Waals surface area contributed by atoms with E-state index in [9.17, 15) is 9.59 Å². The van der Waals surface area contributed by atoms with Gasteiger partial charge in [-0.1, -0.05) is 43.7 Å². The monoisotopic (exact) mass is 261 g/mol. The maximum atomic E-state index is 12.1. The van der Waals surface area contributed by atoms with Gasteiger partial charge >= 0.3 is 6.09 Å². The van der Waals surface area contributed by atoms with Crippen LogP contribution in [0.3, 0.4) is 0 Å². The Bertz CT molecular complexity index is 444. The molecule has 4 heteroatoms. The molecule has 19 heavy (non-hydrogen) atoms. The highest BCUT2D eigenvalue weighted by Crippen LogP contribution is 2.18. The summed E-state index contributed by atoms with van der Waals surface area (Å²) < 4.78 is 4.97. The van der Waals surface area contributed by atoms with Crippen molar-refractivity contribution in [2.75, 3.05) is 6.61 Å². The van der Waals surface area contributed by atoms with Gasteiger partial charge in [0.15, 0.2) is 0 Å². The Morgan fingerprint density at radius 1 is 1.37 bits per heavy atom. The molecule has 0 aliphatic carbocycles. The summed E-state index contributed by atoms with van der Waals surface area (Å²) in [6, 6.07) is 9.73. The lowest BCUT2D eigenvalue weighted by Crippen LogP contribution is -2.39. The highest BCUT2D eigenvalue weighted by molar-refractivity contribution is 5.93. The van der Waals surface area contributed by atoms with Gasteiger partial charge < -0.3 is 4.74 Å². The Morgan fingerprint density at radius 2 is 2.11 bits per heavy atom. The van der Waals surface area contributed by atoms with E-state index in [1.54, 1.807) is 0 Å². The van der Waals surface area contributed by atoms with E-state index in [4.69, 9.17) is 4.74 Å². The van der Waals surface area contributed by atoms with Crippen LogP contribution in [0.1, 0.15) is 31.7 Å². The number of imide groups is 1. The molecule has 0 radical (unpaired) electrons. The van der Waals surface area contributed by atoms with E-state index in [1.165, 1.54) is 4.90 Å². The molecule has 4 nitrogen and oxygen atoms in total. The van der Waals surface area contributed by atoms with Gasteiger partial charge in [-0.05, 0) is 18.4 Å². The second-order valence-electron chi connectivity index (χ2n) is 4.77. The first kappa shape index (κ1) is 13.6. The Morgan fingerprint density at radius 3 is 2.79 bits per heavy atom. The number of rotatable bonds is 5. The molecule has 2 rings (SSSR count). The van der Waals surface area contributed by atoms with E-state index in [0.717, 1.165) is 18.4 Å². The number of benzene rings is 1. The van der Waals surface area contributed by atoms with Crippen molar-refractivity contribution in [3.63, 3.8) is 0 Å². The Kier molecular flexibility index (Phi) is 4.55. The zero-order valence-electron chi connectivity index (χ0n) is 11.2. The van der Waals surface area contributed by atoms with Crippen LogP contribution in [-0.4, -0.2) is 29.5 Å². The quantitative estimate of drug-likeness (QED) is 0.818. The fourth-order valence-electron chi connectivity index (χ4n) is 2.33. The minimum absolute atomic E-state index is 0.0826. The summed E-state index contributed by atoms with van der Waals surface area (Å²) in [6.07, 6.45) is 2.25. The Hall–Kier alpha value is -1.84. The van der Waals surface area contributed by atoms with Crippen LogP contribution in [0.15, 0.2) is 30.3 Å². The van der Waals surface area contributed by atoms with Crippen molar-refractivity contribution in [1.82, 2.24) is 4.90 Å². The van der Waals surface area contributed by atoms with Gasteiger partial charge in [0.2, 0.25) is 5.91 Å². The lowest BCUT2D eigenvalue weighted by Gasteiger charge is -2.18. The fraction of sp³-hybridized carbons (Fsp3) is 0.467. The summed E-state index contributed by atoms with van der Waals surface area (Å²) in [5.74, 6) is -0.134. The summed E-state index contributed by atoms with van der Waals surface area (Å²) in [7, 11) is 0. The second-order valence-corrected chi connectivity index (χ2v) is 4.77. The van der Waals surface area contributed by atoms with Gasteiger partial charge in [-0.25, -0.2) is 9.69 Å². The standard InChI is InChI=1S/C15H19NO3/c1-2-6-13-11-19-15(18)16(13)14(17)10-9-12-7-4-3-5-8-12/h3-5,7-8,13H,2,6,9-11H2,1H3/t13-/m1/s1. The van der Waals surface area contributed by atoms with Gasteiger partial charge in [0.1, 0.15) is 6.61 Å². The van der Waals surface area contributed by atoms with Crippen LogP contribution in [0.4, 0.5) is 4.79 Å². The summed E-state index contributed by atoms with van der Waals surface area (Å²) in [5, 5.41) is 0. The average molecular weight is 261 g/mol. The number of carbonyl (C=O) groups is 2. The first-order chi connectivity index (χ1) is 9.22. The lowest BCUT2D eigenvalue weighted by atomic mass is 10.1. The van der Waals surface area contributed by atoms with E-state index in [0.29, 0.717) is 19.4 Å². The molecule has 2 amide bonds. The van der Waals surface area contributed by atoms with Gasteiger partial charge in [-0.2, -0.15) is 0 Å². The first-order valence-corrected chi connectivity index (χ1v) is 6.75. The zero-order chi connectivity index (χ0) is 13.7. The number of cyclic esters (lactones) is 1. The number of amides is 2. The number of ether oxygens (including phenoxy) is 1. The topological polar surface area (TPSA) is 46.6 Å². The van der Waals surface area contributed by atoms with Gasteiger partial charge in [0.05, 0.1) is 6.04 Å². The summed E-state index contributed by atoms with van der Waals surface area (Å²) in [6.45, 7) is 2.37. The molecule has 1 aromatic rings. The van der Waals surface area contributed by atoms with Gasteiger partial charge in [-0.15, -0.1) is 0 Å². The van der Waals surface area contributed by atoms with E-state index in [1.807, 2.05) is 37.3 Å². The molecule has 1 aliphatic rings. The molecule has 1 atom stereocenters. The average Bonchev–Trinajstić information content (AvgIpc) is 2.79. The van der Waals surface area contributed by atoms with Crippen LogP contribution < -0.4 is 0 Å². The van der Waals surface area contributed by atoms with E-state index < -0.39 is 6.09 Å². The molecule has 0 spiro atoms. The molecule has 1 saturated heterocycles. The molecular weight excluding hydrogens is 242 g/mol. The largest absolute Gasteiger partial charge is 0.447 e. The maximum absolute atomic E-state index is 12.1. The molecule has 0 bridgehead atoms. The summed E-state index contributed by atoms with van der Waals surface area (Å²) in [4.78, 5) is 25.0. The number of hydrogen-bond donors (Lipinski definition) is 0. The molecule has 1 aliphatic heterocycles. The third kappa shape index (κ3) is 3.34. The van der Waals surface area contributed by atoms with Crippen molar-refractivity contribution in [2.24, 2.45) is 0 Å². The number of nitrogens with zero attached hydrogens (tertiary/aromatic N) is 1. The van der Waals surface area contributed by atoms with Crippen LogP contribution in [0, 0.1) is 0 Å². The smallest absolute Gasteiger partial charge is 0.416 e. The molecule has 0 aromatic heterocycles. The van der Waals surface area contributed by atoms with Crippen molar-refractivity contribution in [1.29, 1.82) is 0 Å². The zero-order valence-corrected chi connectivity index (χ0v) is 11.2. The summed E-state index contributed by atoms with van der Waals surface area (Å²) >= 11 is 0. The molecular formula is C15H19NO3. The number of aryl methyl sites for hydroxylation is 1. The van der Waals surface area contributed by atoms with Crippen molar-refractivity contribution in [2.45, 2.75) is 38.6 Å². The molecule has 1 heterocycles. The predicted molar refractivity (Wildman–Crippen MR) is 71.7 cm³/mol. The van der Waals surface area contributed by atoms with E-state index in [2.05, 4.69) is 0 Å². The van der Waals surface area contributed by atoms with Gasteiger partial charge in [0, 0.05) is 6.42 Å². The van der Waals surface area contributed by atoms with Crippen molar-refractivity contribution >= 4 is 12.0 Å². The minimum Gasteiger partial charge on any atom is -0.447 e. The molecule has 0 N–H and O–H groups in total. The first-order valence-electron chi connectivity index (χ1n) is 6.75.